The Morgan fingerprint density at radius 1 is 1.21 bits per heavy atom. The van der Waals surface area contributed by atoms with E-state index in [1.165, 1.54) is 0 Å². The first kappa shape index (κ1) is 15.1. The maximum Gasteiger partial charge on any atom is 0.272 e. The van der Waals surface area contributed by atoms with Crippen LogP contribution in [0.25, 0.3) is 10.9 Å². The molecule has 0 radical (unpaired) electrons. The molecule has 4 rings (SSSR count). The van der Waals surface area contributed by atoms with E-state index in [0.29, 0.717) is 18.8 Å². The average molecular weight is 323 g/mol. The van der Waals surface area contributed by atoms with Crippen molar-refractivity contribution >= 4 is 22.7 Å². The SMILES string of the molecule is Cc1cc(C(=O)N2CC[C@@H](NC(=O)C3CC3)C2)nc2ccccc12. The van der Waals surface area contributed by atoms with E-state index < -0.39 is 0 Å². The van der Waals surface area contributed by atoms with Crippen molar-refractivity contribution in [3.05, 3.63) is 41.6 Å². The summed E-state index contributed by atoms with van der Waals surface area (Å²) in [5.41, 5.74) is 2.39. The third kappa shape index (κ3) is 2.86. The fraction of sp³-hybridized carbons (Fsp3) is 0.421. The molecule has 24 heavy (non-hydrogen) atoms. The Kier molecular flexibility index (Phi) is 3.71. The Morgan fingerprint density at radius 2 is 2.00 bits per heavy atom. The standard InChI is InChI=1S/C19H21N3O2/c1-12-10-17(21-16-5-3-2-4-15(12)16)19(24)22-9-8-14(11-22)20-18(23)13-6-7-13/h2-5,10,13-14H,6-9,11H2,1H3,(H,20,23)/t14-/m1/s1. The van der Waals surface area contributed by atoms with Crippen molar-refractivity contribution in [3.63, 3.8) is 0 Å². The number of para-hydroxylation sites is 1. The van der Waals surface area contributed by atoms with Crippen LogP contribution < -0.4 is 5.32 Å². The summed E-state index contributed by atoms with van der Waals surface area (Å²) < 4.78 is 0. The van der Waals surface area contributed by atoms with E-state index in [1.54, 1.807) is 4.90 Å². The molecule has 0 bridgehead atoms. The molecule has 0 spiro atoms. The van der Waals surface area contributed by atoms with Gasteiger partial charge in [0.2, 0.25) is 5.91 Å². The van der Waals surface area contributed by atoms with Crippen molar-refractivity contribution in [3.8, 4) is 0 Å². The number of benzene rings is 1. The average Bonchev–Trinajstić information content (AvgIpc) is 3.34. The summed E-state index contributed by atoms with van der Waals surface area (Å²) in [5.74, 6) is 0.306. The second-order valence-electron chi connectivity index (χ2n) is 6.86. The first-order chi connectivity index (χ1) is 11.6. The normalized spacial score (nSPS) is 20.4. The molecule has 5 heteroatoms. The summed E-state index contributed by atoms with van der Waals surface area (Å²) in [4.78, 5) is 31.0. The van der Waals surface area contributed by atoms with E-state index in [4.69, 9.17) is 0 Å². The fourth-order valence-corrected chi connectivity index (χ4v) is 3.35. The first-order valence-corrected chi connectivity index (χ1v) is 8.58. The van der Waals surface area contributed by atoms with Crippen molar-refractivity contribution < 1.29 is 9.59 Å². The molecule has 1 saturated carbocycles. The van der Waals surface area contributed by atoms with Crippen molar-refractivity contribution in [1.82, 2.24) is 15.2 Å². The van der Waals surface area contributed by atoms with E-state index in [9.17, 15) is 9.59 Å². The molecule has 2 fully saturated rings. The fourth-order valence-electron chi connectivity index (χ4n) is 3.35. The summed E-state index contributed by atoms with van der Waals surface area (Å²) >= 11 is 0. The highest BCUT2D eigenvalue weighted by molar-refractivity contribution is 5.96. The Hall–Kier alpha value is -2.43. The Labute approximate surface area is 141 Å². The minimum atomic E-state index is -0.0491. The summed E-state index contributed by atoms with van der Waals surface area (Å²) in [6, 6.07) is 9.80. The van der Waals surface area contributed by atoms with Gasteiger partial charge >= 0.3 is 0 Å². The van der Waals surface area contributed by atoms with Crippen LogP contribution in [0.15, 0.2) is 30.3 Å². The quantitative estimate of drug-likeness (QED) is 0.942. The Balaban J connectivity index is 1.48. The molecule has 1 saturated heterocycles. The van der Waals surface area contributed by atoms with E-state index in [1.807, 2.05) is 37.3 Å². The predicted molar refractivity (Wildman–Crippen MR) is 91.7 cm³/mol. The molecule has 1 aliphatic heterocycles. The number of likely N-dealkylation sites (tertiary alicyclic amines) is 1. The summed E-state index contributed by atoms with van der Waals surface area (Å²) in [7, 11) is 0. The van der Waals surface area contributed by atoms with E-state index in [2.05, 4.69) is 10.3 Å². The molecular weight excluding hydrogens is 302 g/mol. The van der Waals surface area contributed by atoms with Crippen LogP contribution in [-0.2, 0) is 4.79 Å². The van der Waals surface area contributed by atoms with E-state index in [0.717, 1.165) is 35.7 Å². The lowest BCUT2D eigenvalue weighted by Gasteiger charge is -2.17. The van der Waals surface area contributed by atoms with Gasteiger partial charge in [-0.1, -0.05) is 18.2 Å². The van der Waals surface area contributed by atoms with Gasteiger partial charge in [0.1, 0.15) is 5.69 Å². The van der Waals surface area contributed by atoms with Crippen LogP contribution in [0.5, 0.6) is 0 Å². The van der Waals surface area contributed by atoms with Crippen LogP contribution in [0.3, 0.4) is 0 Å². The number of pyridine rings is 1. The van der Waals surface area contributed by atoms with Crippen molar-refractivity contribution in [1.29, 1.82) is 0 Å². The number of amides is 2. The lowest BCUT2D eigenvalue weighted by molar-refractivity contribution is -0.122. The molecule has 1 aromatic heterocycles. The lowest BCUT2D eigenvalue weighted by Crippen LogP contribution is -2.39. The van der Waals surface area contributed by atoms with Crippen LogP contribution >= 0.6 is 0 Å². The maximum absolute atomic E-state index is 12.8. The van der Waals surface area contributed by atoms with Gasteiger partial charge in [0.25, 0.3) is 5.91 Å². The highest BCUT2D eigenvalue weighted by Gasteiger charge is 2.34. The van der Waals surface area contributed by atoms with Crippen molar-refractivity contribution in [2.45, 2.75) is 32.2 Å². The van der Waals surface area contributed by atoms with Gasteiger partial charge in [0.15, 0.2) is 0 Å². The van der Waals surface area contributed by atoms with Crippen LogP contribution in [-0.4, -0.2) is 40.8 Å². The molecule has 2 amide bonds. The van der Waals surface area contributed by atoms with Gasteiger partial charge in [0, 0.05) is 30.4 Å². The Bertz CT molecular complexity index is 813. The van der Waals surface area contributed by atoms with Gasteiger partial charge in [-0.3, -0.25) is 9.59 Å². The topological polar surface area (TPSA) is 62.3 Å². The molecule has 0 unspecified atom stereocenters. The smallest absolute Gasteiger partial charge is 0.272 e. The largest absolute Gasteiger partial charge is 0.351 e. The number of hydrogen-bond donors (Lipinski definition) is 1. The summed E-state index contributed by atoms with van der Waals surface area (Å²) in [6.07, 6.45) is 2.82. The first-order valence-electron chi connectivity index (χ1n) is 8.58. The highest BCUT2D eigenvalue weighted by atomic mass is 16.2. The van der Waals surface area contributed by atoms with Gasteiger partial charge in [-0.15, -0.1) is 0 Å². The predicted octanol–water partition coefficient (Wildman–Crippen LogP) is 2.28. The molecular formula is C19H21N3O2. The lowest BCUT2D eigenvalue weighted by atomic mass is 10.1. The third-order valence-corrected chi connectivity index (χ3v) is 4.91. The number of fused-ring (bicyclic) bond motifs is 1. The molecule has 1 N–H and O–H groups in total. The maximum atomic E-state index is 12.8. The number of hydrogen-bond acceptors (Lipinski definition) is 3. The van der Waals surface area contributed by atoms with Crippen LogP contribution in [0.2, 0.25) is 0 Å². The van der Waals surface area contributed by atoms with Gasteiger partial charge in [-0.25, -0.2) is 4.98 Å². The number of carbonyl (C=O) groups is 2. The second-order valence-corrected chi connectivity index (χ2v) is 6.86. The molecule has 5 nitrogen and oxygen atoms in total. The van der Waals surface area contributed by atoms with E-state index in [-0.39, 0.29) is 23.8 Å². The van der Waals surface area contributed by atoms with Crippen LogP contribution in [0.4, 0.5) is 0 Å². The zero-order valence-corrected chi connectivity index (χ0v) is 13.8. The Morgan fingerprint density at radius 3 is 2.79 bits per heavy atom. The number of rotatable bonds is 3. The number of carbonyl (C=O) groups excluding carboxylic acids is 2. The van der Waals surface area contributed by atoms with Gasteiger partial charge in [-0.2, -0.15) is 0 Å². The molecule has 1 aromatic carbocycles. The minimum absolute atomic E-state index is 0.0491. The van der Waals surface area contributed by atoms with Crippen LogP contribution in [0, 0.1) is 12.8 Å². The summed E-state index contributed by atoms with van der Waals surface area (Å²) in [6.45, 7) is 3.25. The monoisotopic (exact) mass is 323 g/mol. The molecule has 1 atom stereocenters. The van der Waals surface area contributed by atoms with Crippen LogP contribution in [0.1, 0.15) is 35.3 Å². The van der Waals surface area contributed by atoms with E-state index >= 15 is 0 Å². The molecule has 124 valence electrons. The molecule has 1 aliphatic carbocycles. The third-order valence-electron chi connectivity index (χ3n) is 4.91. The van der Waals surface area contributed by atoms with Gasteiger partial charge in [-0.05, 0) is 43.9 Å². The number of aromatic nitrogens is 1. The zero-order chi connectivity index (χ0) is 16.7. The zero-order valence-electron chi connectivity index (χ0n) is 13.8. The molecule has 2 aliphatic rings. The number of nitrogens with zero attached hydrogens (tertiary/aromatic N) is 2. The number of nitrogens with one attached hydrogen (secondary N) is 1. The van der Waals surface area contributed by atoms with Gasteiger partial charge in [0.05, 0.1) is 5.52 Å². The van der Waals surface area contributed by atoms with Gasteiger partial charge < -0.3 is 10.2 Å². The molecule has 2 aromatic rings. The highest BCUT2D eigenvalue weighted by Crippen LogP contribution is 2.29. The second kappa shape index (κ2) is 5.89. The minimum Gasteiger partial charge on any atom is -0.351 e. The summed E-state index contributed by atoms with van der Waals surface area (Å²) in [5, 5.41) is 4.14. The molecule has 2 heterocycles. The number of aryl methyl sites for hydroxylation is 1. The van der Waals surface area contributed by atoms with Crippen molar-refractivity contribution in [2.24, 2.45) is 5.92 Å². The van der Waals surface area contributed by atoms with Crippen molar-refractivity contribution in [2.75, 3.05) is 13.1 Å².